The van der Waals surface area contributed by atoms with Gasteiger partial charge in [-0.2, -0.15) is 0 Å². The van der Waals surface area contributed by atoms with Crippen molar-refractivity contribution in [3.8, 4) is 11.5 Å². The van der Waals surface area contributed by atoms with E-state index in [-0.39, 0.29) is 23.5 Å². The fraction of sp³-hybridized carbons (Fsp3) is 0.571. The van der Waals surface area contributed by atoms with E-state index in [1.165, 1.54) is 0 Å². The number of ether oxygens (including phenoxy) is 2. The Balaban J connectivity index is 2.42. The van der Waals surface area contributed by atoms with Crippen molar-refractivity contribution in [1.29, 1.82) is 0 Å². The van der Waals surface area contributed by atoms with Crippen LogP contribution in [0.25, 0.3) is 0 Å². The van der Waals surface area contributed by atoms with Gasteiger partial charge in [-0.05, 0) is 47.4 Å². The van der Waals surface area contributed by atoms with Gasteiger partial charge in [-0.1, -0.05) is 0 Å². The topological polar surface area (TPSA) is 64.6 Å². The summed E-state index contributed by atoms with van der Waals surface area (Å²) in [6.07, 6.45) is 0.662. The first-order valence-electron chi connectivity index (χ1n) is 6.71. The molecule has 21 heavy (non-hydrogen) atoms. The van der Waals surface area contributed by atoms with Gasteiger partial charge in [-0.25, -0.2) is 8.42 Å². The van der Waals surface area contributed by atoms with Gasteiger partial charge in [-0.3, -0.25) is 0 Å². The van der Waals surface area contributed by atoms with Gasteiger partial charge in [0.2, 0.25) is 0 Å². The first-order valence-corrected chi connectivity index (χ1v) is 9.32. The predicted molar refractivity (Wildman–Crippen MR) is 85.8 cm³/mol. The second-order valence-corrected chi connectivity index (χ2v) is 8.24. The molecule has 118 valence electrons. The molecule has 0 saturated carbocycles. The number of benzene rings is 1. The van der Waals surface area contributed by atoms with Gasteiger partial charge in [-0.15, -0.1) is 0 Å². The van der Waals surface area contributed by atoms with Crippen LogP contribution in [0.5, 0.6) is 11.5 Å². The van der Waals surface area contributed by atoms with E-state index in [1.54, 1.807) is 14.2 Å². The molecule has 1 fully saturated rings. The number of nitrogens with one attached hydrogen (secondary N) is 1. The lowest BCUT2D eigenvalue weighted by Crippen LogP contribution is -2.26. The minimum Gasteiger partial charge on any atom is -0.496 e. The quantitative estimate of drug-likeness (QED) is 0.851. The first kappa shape index (κ1) is 16.6. The summed E-state index contributed by atoms with van der Waals surface area (Å²) in [6.45, 7) is 0. The van der Waals surface area contributed by atoms with Crippen LogP contribution in [0.1, 0.15) is 18.0 Å². The van der Waals surface area contributed by atoms with E-state index >= 15 is 0 Å². The van der Waals surface area contributed by atoms with E-state index in [1.807, 2.05) is 19.2 Å². The Morgan fingerprint density at radius 3 is 2.43 bits per heavy atom. The van der Waals surface area contributed by atoms with Gasteiger partial charge in [0.1, 0.15) is 11.5 Å². The normalized spacial score (nSPS) is 22.0. The molecule has 1 aromatic rings. The van der Waals surface area contributed by atoms with Crippen molar-refractivity contribution < 1.29 is 17.9 Å². The van der Waals surface area contributed by atoms with Gasteiger partial charge in [0.25, 0.3) is 0 Å². The zero-order chi connectivity index (χ0) is 15.6. The summed E-state index contributed by atoms with van der Waals surface area (Å²) in [6, 6.07) is 3.66. The Morgan fingerprint density at radius 2 is 1.95 bits per heavy atom. The molecule has 1 saturated heterocycles. The fourth-order valence-electron chi connectivity index (χ4n) is 2.86. The molecular formula is C14H20BrNO4S. The van der Waals surface area contributed by atoms with Crippen LogP contribution in [-0.2, 0) is 9.84 Å². The van der Waals surface area contributed by atoms with Crippen LogP contribution in [-0.4, -0.2) is 41.2 Å². The molecule has 2 rings (SSSR count). The average Bonchev–Trinajstić information content (AvgIpc) is 2.80. The summed E-state index contributed by atoms with van der Waals surface area (Å²) in [5, 5.41) is 3.23. The summed E-state index contributed by atoms with van der Waals surface area (Å²) in [5.74, 6) is 1.92. The maximum Gasteiger partial charge on any atom is 0.150 e. The molecule has 5 nitrogen and oxygen atoms in total. The van der Waals surface area contributed by atoms with Crippen molar-refractivity contribution in [2.45, 2.75) is 12.5 Å². The molecule has 1 aliphatic rings. The Hall–Kier alpha value is -0.790. The van der Waals surface area contributed by atoms with Gasteiger partial charge in [0.15, 0.2) is 9.84 Å². The number of hydrogen-bond donors (Lipinski definition) is 1. The van der Waals surface area contributed by atoms with Gasteiger partial charge in [0, 0.05) is 11.6 Å². The third-order valence-corrected chi connectivity index (χ3v) is 6.30. The van der Waals surface area contributed by atoms with Crippen molar-refractivity contribution in [3.05, 3.63) is 22.2 Å². The third-order valence-electron chi connectivity index (χ3n) is 3.89. The maximum absolute atomic E-state index is 11.7. The van der Waals surface area contributed by atoms with Crippen LogP contribution < -0.4 is 14.8 Å². The Morgan fingerprint density at radius 1 is 1.29 bits per heavy atom. The molecule has 0 amide bonds. The molecule has 2 atom stereocenters. The number of methoxy groups -OCH3 is 2. The van der Waals surface area contributed by atoms with Gasteiger partial charge < -0.3 is 14.8 Å². The van der Waals surface area contributed by atoms with E-state index in [0.29, 0.717) is 17.9 Å². The Kier molecular flexibility index (Phi) is 5.16. The molecule has 0 aromatic heterocycles. The van der Waals surface area contributed by atoms with E-state index < -0.39 is 9.84 Å². The fourth-order valence-corrected chi connectivity index (χ4v) is 5.18. The van der Waals surface area contributed by atoms with Crippen LogP contribution in [0.3, 0.4) is 0 Å². The monoisotopic (exact) mass is 377 g/mol. The van der Waals surface area contributed by atoms with Crippen LogP contribution in [0.15, 0.2) is 16.6 Å². The molecule has 0 aliphatic carbocycles. The maximum atomic E-state index is 11.7. The SMILES string of the molecule is CNC(c1cc(OC)c(Br)cc1OC)C1CCS(=O)(=O)C1. The molecule has 1 heterocycles. The Bertz CT molecular complexity index is 618. The molecule has 1 N–H and O–H groups in total. The van der Waals surface area contributed by atoms with Crippen LogP contribution in [0.4, 0.5) is 0 Å². The second kappa shape index (κ2) is 6.54. The smallest absolute Gasteiger partial charge is 0.150 e. The van der Waals surface area contributed by atoms with E-state index in [9.17, 15) is 8.42 Å². The highest BCUT2D eigenvalue weighted by molar-refractivity contribution is 9.10. The standard InChI is InChI=1S/C14H20BrNO4S/c1-16-14(9-4-5-21(17,18)8-9)10-6-13(20-3)11(15)7-12(10)19-2/h6-7,9,14,16H,4-5,8H2,1-3H3. The van der Waals surface area contributed by atoms with Crippen LogP contribution >= 0.6 is 15.9 Å². The summed E-state index contributed by atoms with van der Waals surface area (Å²) < 4.78 is 35.1. The molecule has 0 radical (unpaired) electrons. The van der Waals surface area contributed by atoms with E-state index in [4.69, 9.17) is 9.47 Å². The molecule has 0 bridgehead atoms. The number of sulfone groups is 1. The Labute approximate surface area is 134 Å². The van der Waals surface area contributed by atoms with Crippen molar-refractivity contribution in [1.82, 2.24) is 5.32 Å². The predicted octanol–water partition coefficient (Wildman–Crippen LogP) is 2.16. The van der Waals surface area contributed by atoms with Crippen molar-refractivity contribution in [2.24, 2.45) is 5.92 Å². The minimum absolute atomic E-state index is 0.0415. The van der Waals surface area contributed by atoms with Crippen LogP contribution in [0, 0.1) is 5.92 Å². The summed E-state index contributed by atoms with van der Waals surface area (Å²) in [7, 11) is 2.12. The largest absolute Gasteiger partial charge is 0.496 e. The number of halogens is 1. The molecule has 0 spiro atoms. The zero-order valence-corrected chi connectivity index (χ0v) is 14.8. The molecular weight excluding hydrogens is 358 g/mol. The summed E-state index contributed by atoms with van der Waals surface area (Å²) in [4.78, 5) is 0. The van der Waals surface area contributed by atoms with E-state index in [0.717, 1.165) is 10.0 Å². The third kappa shape index (κ3) is 3.52. The minimum atomic E-state index is -2.92. The first-order chi connectivity index (χ1) is 9.91. The van der Waals surface area contributed by atoms with Crippen molar-refractivity contribution in [2.75, 3.05) is 32.8 Å². The van der Waals surface area contributed by atoms with Crippen molar-refractivity contribution >= 4 is 25.8 Å². The summed E-state index contributed by atoms with van der Waals surface area (Å²) >= 11 is 3.43. The summed E-state index contributed by atoms with van der Waals surface area (Å²) in [5.41, 5.74) is 0.919. The molecule has 2 unspecified atom stereocenters. The highest BCUT2D eigenvalue weighted by atomic mass is 79.9. The van der Waals surface area contributed by atoms with Gasteiger partial charge >= 0.3 is 0 Å². The highest BCUT2D eigenvalue weighted by Gasteiger charge is 2.35. The average molecular weight is 378 g/mol. The molecule has 1 aliphatic heterocycles. The molecule has 1 aromatic carbocycles. The van der Waals surface area contributed by atoms with Crippen molar-refractivity contribution in [3.63, 3.8) is 0 Å². The van der Waals surface area contributed by atoms with E-state index in [2.05, 4.69) is 21.2 Å². The zero-order valence-electron chi connectivity index (χ0n) is 12.3. The number of rotatable bonds is 5. The lowest BCUT2D eigenvalue weighted by molar-refractivity contribution is 0.366. The number of hydrogen-bond acceptors (Lipinski definition) is 5. The van der Waals surface area contributed by atoms with Gasteiger partial charge in [0.05, 0.1) is 30.2 Å². The van der Waals surface area contributed by atoms with Crippen LogP contribution in [0.2, 0.25) is 0 Å². The lowest BCUT2D eigenvalue weighted by Gasteiger charge is -2.25. The molecule has 7 heteroatoms. The lowest BCUT2D eigenvalue weighted by atomic mass is 9.92. The second-order valence-electron chi connectivity index (χ2n) is 5.16. The highest BCUT2D eigenvalue weighted by Crippen LogP contribution is 2.40.